The molecule has 1 aliphatic heterocycles. The lowest BCUT2D eigenvalue weighted by Gasteiger charge is -2.23. The van der Waals surface area contributed by atoms with Crippen molar-refractivity contribution >= 4 is 31.9 Å². The number of hydrogen-bond acceptors (Lipinski definition) is 2. The first-order chi connectivity index (χ1) is 7.09. The molecule has 1 heterocycles. The second-order valence-electron chi connectivity index (χ2n) is 4.05. The van der Waals surface area contributed by atoms with E-state index >= 15 is 0 Å². The van der Waals surface area contributed by atoms with E-state index in [-0.39, 0.29) is 6.04 Å². The second kappa shape index (κ2) is 4.53. The highest BCUT2D eigenvalue weighted by molar-refractivity contribution is 9.13. The van der Waals surface area contributed by atoms with Gasteiger partial charge in [-0.1, -0.05) is 6.07 Å². The van der Waals surface area contributed by atoms with Crippen LogP contribution in [0.15, 0.2) is 27.1 Å². The van der Waals surface area contributed by atoms with Crippen LogP contribution in [0.25, 0.3) is 0 Å². The summed E-state index contributed by atoms with van der Waals surface area (Å²) in [6.07, 6.45) is 1.08. The number of halogens is 2. The van der Waals surface area contributed by atoms with E-state index in [9.17, 15) is 0 Å². The van der Waals surface area contributed by atoms with E-state index in [0.29, 0.717) is 6.04 Å². The van der Waals surface area contributed by atoms with Crippen molar-refractivity contribution in [3.63, 3.8) is 0 Å². The van der Waals surface area contributed by atoms with Gasteiger partial charge in [-0.05, 0) is 63.0 Å². The van der Waals surface area contributed by atoms with Gasteiger partial charge in [0, 0.05) is 27.6 Å². The maximum atomic E-state index is 6.12. The number of nitrogens with two attached hydrogens (primary N) is 1. The Morgan fingerprint density at radius 1 is 1.33 bits per heavy atom. The Balaban J connectivity index is 2.32. The largest absolute Gasteiger partial charge is 0.326 e. The zero-order valence-corrected chi connectivity index (χ0v) is 11.8. The standard InChI is InChI=1S/C11H14Br2N2/c1-15-5-4-10(14)11(15)7-2-3-8(12)9(13)6-7/h2-3,6,10-11H,4-5,14H2,1H3. The van der Waals surface area contributed by atoms with E-state index in [1.54, 1.807) is 0 Å². The smallest absolute Gasteiger partial charge is 0.0497 e. The van der Waals surface area contributed by atoms with Crippen LogP contribution >= 0.6 is 31.9 Å². The normalized spacial score (nSPS) is 27.2. The molecule has 0 bridgehead atoms. The highest BCUT2D eigenvalue weighted by Crippen LogP contribution is 2.33. The molecule has 0 spiro atoms. The summed E-state index contributed by atoms with van der Waals surface area (Å²) in [7, 11) is 2.13. The number of hydrogen-bond donors (Lipinski definition) is 1. The summed E-state index contributed by atoms with van der Waals surface area (Å²) in [6.45, 7) is 1.08. The van der Waals surface area contributed by atoms with Gasteiger partial charge in [-0.15, -0.1) is 0 Å². The van der Waals surface area contributed by atoms with Crippen molar-refractivity contribution in [1.29, 1.82) is 0 Å². The average molecular weight is 334 g/mol. The van der Waals surface area contributed by atoms with Gasteiger partial charge >= 0.3 is 0 Å². The Morgan fingerprint density at radius 3 is 2.60 bits per heavy atom. The summed E-state index contributed by atoms with van der Waals surface area (Å²) < 4.78 is 2.17. The van der Waals surface area contributed by atoms with Crippen molar-refractivity contribution in [2.75, 3.05) is 13.6 Å². The van der Waals surface area contributed by atoms with Crippen molar-refractivity contribution in [3.05, 3.63) is 32.7 Å². The number of benzene rings is 1. The highest BCUT2D eigenvalue weighted by Gasteiger charge is 2.30. The van der Waals surface area contributed by atoms with Gasteiger partial charge in [0.25, 0.3) is 0 Å². The van der Waals surface area contributed by atoms with Gasteiger partial charge in [0.05, 0.1) is 0 Å². The van der Waals surface area contributed by atoms with E-state index in [1.807, 2.05) is 0 Å². The Kier molecular flexibility index (Phi) is 3.50. The van der Waals surface area contributed by atoms with E-state index in [0.717, 1.165) is 21.9 Å². The van der Waals surface area contributed by atoms with E-state index in [2.05, 4.69) is 62.0 Å². The van der Waals surface area contributed by atoms with Crippen LogP contribution in [-0.4, -0.2) is 24.5 Å². The van der Waals surface area contributed by atoms with Crippen LogP contribution < -0.4 is 5.73 Å². The predicted molar refractivity (Wildman–Crippen MR) is 69.8 cm³/mol. The van der Waals surface area contributed by atoms with Crippen molar-refractivity contribution in [2.45, 2.75) is 18.5 Å². The van der Waals surface area contributed by atoms with Gasteiger partial charge < -0.3 is 5.73 Å². The minimum atomic E-state index is 0.253. The van der Waals surface area contributed by atoms with Crippen LogP contribution in [0.3, 0.4) is 0 Å². The fourth-order valence-electron chi connectivity index (χ4n) is 2.17. The summed E-state index contributed by atoms with van der Waals surface area (Å²) in [5.41, 5.74) is 7.41. The van der Waals surface area contributed by atoms with Crippen LogP contribution in [0.1, 0.15) is 18.0 Å². The average Bonchev–Trinajstić information content (AvgIpc) is 2.52. The molecule has 0 aromatic heterocycles. The van der Waals surface area contributed by atoms with Gasteiger partial charge in [0.1, 0.15) is 0 Å². The molecule has 2 rings (SSSR count). The van der Waals surface area contributed by atoms with Crippen molar-refractivity contribution in [2.24, 2.45) is 5.73 Å². The third-order valence-electron chi connectivity index (χ3n) is 2.98. The van der Waals surface area contributed by atoms with Crippen molar-refractivity contribution in [3.8, 4) is 0 Å². The lowest BCUT2D eigenvalue weighted by molar-refractivity contribution is 0.304. The molecular weight excluding hydrogens is 320 g/mol. The first-order valence-electron chi connectivity index (χ1n) is 5.00. The SMILES string of the molecule is CN1CCC(N)C1c1ccc(Br)c(Br)c1. The summed E-state index contributed by atoms with van der Waals surface area (Å²) in [4.78, 5) is 2.32. The molecule has 1 saturated heterocycles. The molecule has 82 valence electrons. The molecule has 1 aromatic carbocycles. The van der Waals surface area contributed by atoms with Gasteiger partial charge in [-0.25, -0.2) is 0 Å². The fraction of sp³-hybridized carbons (Fsp3) is 0.455. The molecule has 15 heavy (non-hydrogen) atoms. The van der Waals surface area contributed by atoms with Crippen molar-refractivity contribution in [1.82, 2.24) is 4.90 Å². The summed E-state index contributed by atoms with van der Waals surface area (Å²) >= 11 is 7.00. The molecule has 4 heteroatoms. The third-order valence-corrected chi connectivity index (χ3v) is 4.86. The molecule has 2 atom stereocenters. The number of nitrogens with zero attached hydrogens (tertiary/aromatic N) is 1. The Bertz CT molecular complexity index is 358. The first-order valence-corrected chi connectivity index (χ1v) is 6.59. The van der Waals surface area contributed by atoms with E-state index < -0.39 is 0 Å². The Labute approximate surface area is 107 Å². The molecule has 2 N–H and O–H groups in total. The Morgan fingerprint density at radius 2 is 2.07 bits per heavy atom. The zero-order chi connectivity index (χ0) is 11.0. The number of rotatable bonds is 1. The summed E-state index contributed by atoms with van der Waals surface area (Å²) in [5, 5.41) is 0. The minimum Gasteiger partial charge on any atom is -0.326 e. The first kappa shape index (κ1) is 11.6. The number of likely N-dealkylation sites (tertiary alicyclic amines) is 1. The van der Waals surface area contributed by atoms with Crippen LogP contribution in [-0.2, 0) is 0 Å². The minimum absolute atomic E-state index is 0.253. The van der Waals surface area contributed by atoms with Crippen molar-refractivity contribution < 1.29 is 0 Å². The quantitative estimate of drug-likeness (QED) is 0.856. The van der Waals surface area contributed by atoms with Crippen LogP contribution in [0.5, 0.6) is 0 Å². The molecule has 0 radical (unpaired) electrons. The van der Waals surface area contributed by atoms with Gasteiger partial charge in [0.15, 0.2) is 0 Å². The van der Waals surface area contributed by atoms with Crippen LogP contribution in [0, 0.1) is 0 Å². The van der Waals surface area contributed by atoms with Gasteiger partial charge in [-0.2, -0.15) is 0 Å². The molecule has 2 nitrogen and oxygen atoms in total. The van der Waals surface area contributed by atoms with Crippen LogP contribution in [0.4, 0.5) is 0 Å². The monoisotopic (exact) mass is 332 g/mol. The molecule has 1 aromatic rings. The topological polar surface area (TPSA) is 29.3 Å². The fourth-order valence-corrected chi connectivity index (χ4v) is 2.82. The molecule has 2 unspecified atom stereocenters. The molecule has 1 aliphatic rings. The van der Waals surface area contributed by atoms with Crippen LogP contribution in [0.2, 0.25) is 0 Å². The number of likely N-dealkylation sites (N-methyl/N-ethyl adjacent to an activating group) is 1. The molecular formula is C11H14Br2N2. The van der Waals surface area contributed by atoms with E-state index in [4.69, 9.17) is 5.73 Å². The molecule has 0 amide bonds. The second-order valence-corrected chi connectivity index (χ2v) is 5.76. The lowest BCUT2D eigenvalue weighted by atomic mass is 10.0. The summed E-state index contributed by atoms with van der Waals surface area (Å²) in [5.74, 6) is 0. The molecule has 0 saturated carbocycles. The Hall–Kier alpha value is 0.1000. The maximum Gasteiger partial charge on any atom is 0.0497 e. The third kappa shape index (κ3) is 2.28. The predicted octanol–water partition coefficient (Wildman–Crippen LogP) is 2.92. The molecule has 0 aliphatic carbocycles. The van der Waals surface area contributed by atoms with Gasteiger partial charge in [-0.3, -0.25) is 4.90 Å². The highest BCUT2D eigenvalue weighted by atomic mass is 79.9. The zero-order valence-electron chi connectivity index (χ0n) is 8.58. The van der Waals surface area contributed by atoms with Gasteiger partial charge in [0.2, 0.25) is 0 Å². The van der Waals surface area contributed by atoms with E-state index in [1.165, 1.54) is 5.56 Å². The summed E-state index contributed by atoms with van der Waals surface area (Å²) in [6, 6.07) is 6.97. The molecule has 1 fully saturated rings. The maximum absolute atomic E-state index is 6.12. The lowest BCUT2D eigenvalue weighted by Crippen LogP contribution is -2.29.